The average Bonchev–Trinajstić information content (AvgIpc) is 3.06. The number of amides is 2. The van der Waals surface area contributed by atoms with E-state index in [-0.39, 0.29) is 48.4 Å². The maximum Gasteiger partial charge on any atom is 0.258 e. The van der Waals surface area contributed by atoms with Gasteiger partial charge in [0.15, 0.2) is 13.0 Å². The number of aliphatic hydroxyl groups excluding tert-OH is 1. The Morgan fingerprint density at radius 3 is 2.07 bits per heavy atom. The number of carbonyl (C=O) groups is 2. The Morgan fingerprint density at radius 2 is 1.49 bits per heavy atom. The summed E-state index contributed by atoms with van der Waals surface area (Å²) in [5.41, 5.74) is -1.34. The molecule has 0 aromatic heterocycles. The molecule has 3 saturated carbocycles. The highest BCUT2D eigenvalue weighted by molar-refractivity contribution is 6.30. The minimum absolute atomic E-state index is 0.0196. The van der Waals surface area contributed by atoms with Crippen molar-refractivity contribution in [2.45, 2.75) is 107 Å². The first-order valence-electron chi connectivity index (χ1n) is 16.5. The molecule has 250 valence electrons. The van der Waals surface area contributed by atoms with Crippen molar-refractivity contribution in [3.8, 4) is 5.75 Å². The summed E-state index contributed by atoms with van der Waals surface area (Å²) >= 11 is 5.71. The molecule has 3 saturated heterocycles. The van der Waals surface area contributed by atoms with Gasteiger partial charge in [-0.05, 0) is 69.9 Å². The molecule has 0 radical (unpaired) electrons. The Hall–Kier alpha value is -2.10. The maximum absolute atomic E-state index is 13.7. The lowest BCUT2D eigenvalue weighted by Gasteiger charge is -2.56. The van der Waals surface area contributed by atoms with Crippen LogP contribution >= 0.6 is 11.6 Å². The van der Waals surface area contributed by atoms with Crippen molar-refractivity contribution in [2.75, 3.05) is 39.4 Å². The van der Waals surface area contributed by atoms with E-state index < -0.39 is 29.4 Å². The Labute approximate surface area is 269 Å². The number of piperidine rings is 2. The Morgan fingerprint density at radius 1 is 0.889 bits per heavy atom. The zero-order chi connectivity index (χ0) is 31.4. The molecule has 12 nitrogen and oxygen atoms in total. The lowest BCUT2D eigenvalue weighted by Crippen LogP contribution is -2.76. The summed E-state index contributed by atoms with van der Waals surface area (Å²) in [4.78, 5) is 30.7. The number of halogens is 2. The van der Waals surface area contributed by atoms with Crippen LogP contribution in [-0.2, 0) is 14.3 Å². The average molecular weight is 652 g/mol. The maximum atomic E-state index is 13.7. The molecule has 6 aliphatic rings. The molecule has 3 aliphatic carbocycles. The fourth-order valence-corrected chi connectivity index (χ4v) is 7.75. The fourth-order valence-electron chi connectivity index (χ4n) is 7.63. The molecular formula is C31H47ClFN7O5. The predicted octanol–water partition coefficient (Wildman–Crippen LogP) is 1.53. The van der Waals surface area contributed by atoms with Crippen LogP contribution in [0.25, 0.3) is 0 Å². The molecule has 3 atom stereocenters. The monoisotopic (exact) mass is 651 g/mol. The molecule has 6 N–H and O–H groups in total. The molecular weight excluding hydrogens is 605 g/mol. The molecule has 7 rings (SSSR count). The van der Waals surface area contributed by atoms with Gasteiger partial charge in [-0.3, -0.25) is 35.3 Å². The first kappa shape index (κ1) is 32.8. The molecule has 0 spiro atoms. The molecule has 14 heteroatoms. The number of nitrogens with one attached hydrogen (secondary N) is 5. The van der Waals surface area contributed by atoms with Crippen molar-refractivity contribution >= 4 is 23.4 Å². The molecule has 6 fully saturated rings. The van der Waals surface area contributed by atoms with E-state index in [1.54, 1.807) is 0 Å². The van der Waals surface area contributed by atoms with Crippen molar-refractivity contribution in [1.82, 2.24) is 36.4 Å². The van der Waals surface area contributed by atoms with Gasteiger partial charge in [-0.25, -0.2) is 4.39 Å². The minimum atomic E-state index is -0.822. The minimum Gasteiger partial charge on any atom is -0.484 e. The van der Waals surface area contributed by atoms with E-state index in [4.69, 9.17) is 21.1 Å². The molecule has 2 bridgehead atoms. The zero-order valence-electron chi connectivity index (χ0n) is 25.8. The van der Waals surface area contributed by atoms with Gasteiger partial charge in [0.05, 0.1) is 16.7 Å². The van der Waals surface area contributed by atoms with E-state index >= 15 is 0 Å². The fraction of sp³-hybridized carbons (Fsp3) is 0.742. The molecule has 1 aromatic rings. The molecule has 3 heterocycles. The van der Waals surface area contributed by atoms with Crippen molar-refractivity contribution < 1.29 is 28.6 Å². The summed E-state index contributed by atoms with van der Waals surface area (Å²) in [7, 11) is 0. The van der Waals surface area contributed by atoms with Crippen LogP contribution in [0.5, 0.6) is 5.75 Å². The molecule has 2 unspecified atom stereocenters. The van der Waals surface area contributed by atoms with Gasteiger partial charge in [0, 0.05) is 37.8 Å². The normalized spacial score (nSPS) is 34.3. The van der Waals surface area contributed by atoms with Gasteiger partial charge in [0.1, 0.15) is 30.8 Å². The van der Waals surface area contributed by atoms with Crippen LogP contribution in [-0.4, -0.2) is 102 Å². The number of ether oxygens (including phenoxy) is 2. The highest BCUT2D eigenvalue weighted by Crippen LogP contribution is 2.47. The van der Waals surface area contributed by atoms with Crippen molar-refractivity contribution in [3.63, 3.8) is 0 Å². The van der Waals surface area contributed by atoms with E-state index in [1.165, 1.54) is 50.7 Å². The number of carbonyl (C=O) groups excluding carboxylic acids is 2. The largest absolute Gasteiger partial charge is 0.484 e. The second-order valence-electron chi connectivity index (χ2n) is 13.3. The van der Waals surface area contributed by atoms with Crippen molar-refractivity contribution in [3.05, 3.63) is 29.0 Å². The highest BCUT2D eigenvalue weighted by atomic mass is 35.5. The summed E-state index contributed by atoms with van der Waals surface area (Å²) in [6.07, 6.45) is 8.35. The number of aliphatic hydroxyl groups is 1. The van der Waals surface area contributed by atoms with Crippen LogP contribution in [0.3, 0.4) is 0 Å². The van der Waals surface area contributed by atoms with Gasteiger partial charge in [0.2, 0.25) is 5.91 Å². The number of hydrogen-bond donors (Lipinski definition) is 6. The number of fused-ring (bicyclic) bond motifs is 3. The number of likely N-dealkylation sites (tertiary alicyclic amines) is 2. The van der Waals surface area contributed by atoms with Crippen LogP contribution in [0.1, 0.15) is 70.6 Å². The second-order valence-corrected chi connectivity index (χ2v) is 13.7. The summed E-state index contributed by atoms with van der Waals surface area (Å²) in [5, 5.41) is 28.0. The van der Waals surface area contributed by atoms with Crippen LogP contribution in [0.15, 0.2) is 18.2 Å². The molecule has 45 heavy (non-hydrogen) atoms. The van der Waals surface area contributed by atoms with E-state index in [2.05, 4.69) is 36.4 Å². The number of benzene rings is 1. The zero-order valence-corrected chi connectivity index (χ0v) is 26.5. The van der Waals surface area contributed by atoms with Crippen LogP contribution in [0.2, 0.25) is 5.02 Å². The first-order chi connectivity index (χ1) is 21.7. The molecule has 1 aromatic carbocycles. The topological polar surface area (TPSA) is 139 Å². The second kappa shape index (κ2) is 14.3. The lowest BCUT2D eigenvalue weighted by molar-refractivity contribution is -0.146. The third-order valence-electron chi connectivity index (χ3n) is 10.2. The van der Waals surface area contributed by atoms with Gasteiger partial charge < -0.3 is 25.2 Å². The van der Waals surface area contributed by atoms with Crippen LogP contribution in [0.4, 0.5) is 4.39 Å². The third kappa shape index (κ3) is 7.90. The van der Waals surface area contributed by atoms with Crippen molar-refractivity contribution in [1.29, 1.82) is 0 Å². The Bertz CT molecular complexity index is 1170. The number of rotatable bonds is 10. The Balaban J connectivity index is 0.987. The lowest BCUT2D eigenvalue weighted by atomic mass is 9.60. The third-order valence-corrected chi connectivity index (χ3v) is 10.5. The smallest absolute Gasteiger partial charge is 0.258 e. The molecule has 2 amide bonds. The predicted molar refractivity (Wildman–Crippen MR) is 165 cm³/mol. The van der Waals surface area contributed by atoms with E-state index in [1.807, 2.05) is 0 Å². The van der Waals surface area contributed by atoms with Gasteiger partial charge in [-0.2, -0.15) is 0 Å². The van der Waals surface area contributed by atoms with Crippen LogP contribution < -0.4 is 31.3 Å². The van der Waals surface area contributed by atoms with E-state index in [0.29, 0.717) is 32.1 Å². The standard InChI is InChI=1S/C31H47ClFN7O5/c32-22-8-7-21(17-23(22)33)44-19-25(42)37-30-9-11-31(12-10-30,24(41)18-30)38-26(43)20-45-29-35-27(39-13-3-1-4-14-39)34-28(36-29)40-15-5-2-6-16-40/h7-8,17,24,27-29,34-36,41H,1-6,9-16,18-20H2,(H,37,42)(H,38,43)/t24-,27?,28?,29?,30?,31?/m0/s1. The molecule has 3 aliphatic heterocycles. The Kier molecular flexibility index (Phi) is 10.5. The first-order valence-corrected chi connectivity index (χ1v) is 16.9. The SMILES string of the molecule is O=C(COc1ccc(Cl)c(F)c1)NC12CCC(NC(=O)COC3NC(N4CCCCC4)NC(N4CCCCC4)N3)(CC1)[C@@H](O)C2. The van der Waals surface area contributed by atoms with Crippen molar-refractivity contribution in [2.24, 2.45) is 0 Å². The van der Waals surface area contributed by atoms with E-state index in [9.17, 15) is 19.1 Å². The van der Waals surface area contributed by atoms with Gasteiger partial charge in [-0.15, -0.1) is 0 Å². The quantitative estimate of drug-likeness (QED) is 0.221. The summed E-state index contributed by atoms with van der Waals surface area (Å²) < 4.78 is 25.2. The van der Waals surface area contributed by atoms with Gasteiger partial charge >= 0.3 is 0 Å². The van der Waals surface area contributed by atoms with Crippen LogP contribution in [0, 0.1) is 5.82 Å². The number of hydrogen-bond acceptors (Lipinski definition) is 10. The van der Waals surface area contributed by atoms with Gasteiger partial charge in [0.25, 0.3) is 5.91 Å². The van der Waals surface area contributed by atoms with Gasteiger partial charge in [-0.1, -0.05) is 24.4 Å². The van der Waals surface area contributed by atoms with E-state index in [0.717, 1.165) is 32.2 Å². The summed E-state index contributed by atoms with van der Waals surface area (Å²) in [6.45, 7) is 3.63. The summed E-state index contributed by atoms with van der Waals surface area (Å²) in [6, 6.07) is 4.01. The highest BCUT2D eigenvalue weighted by Gasteiger charge is 2.55. The number of nitrogens with zero attached hydrogens (tertiary/aromatic N) is 2. The summed E-state index contributed by atoms with van der Waals surface area (Å²) in [5.74, 6) is -1.04.